The lowest BCUT2D eigenvalue weighted by Crippen LogP contribution is -2.42. The van der Waals surface area contributed by atoms with Gasteiger partial charge in [0.15, 0.2) is 0 Å². The van der Waals surface area contributed by atoms with Gasteiger partial charge in [-0.3, -0.25) is 14.5 Å². The molecule has 6 heteroatoms. The van der Waals surface area contributed by atoms with Crippen LogP contribution in [0.3, 0.4) is 0 Å². The van der Waals surface area contributed by atoms with Gasteiger partial charge in [-0.1, -0.05) is 6.08 Å². The lowest BCUT2D eigenvalue weighted by atomic mass is 10.2. The third kappa shape index (κ3) is 6.20. The van der Waals surface area contributed by atoms with Crippen LogP contribution in [0, 0.1) is 5.82 Å². The van der Waals surface area contributed by atoms with Gasteiger partial charge in [-0.2, -0.15) is 0 Å². The summed E-state index contributed by atoms with van der Waals surface area (Å²) in [7, 11) is 0. The predicted octanol–water partition coefficient (Wildman–Crippen LogP) is 2.70. The molecule has 0 fully saturated rings. The van der Waals surface area contributed by atoms with Gasteiger partial charge >= 0.3 is 5.97 Å². The molecule has 0 radical (unpaired) electrons. The van der Waals surface area contributed by atoms with Crippen LogP contribution in [0.15, 0.2) is 36.9 Å². The predicted molar refractivity (Wildman–Crippen MR) is 85.6 cm³/mol. The van der Waals surface area contributed by atoms with Gasteiger partial charge in [0.1, 0.15) is 18.5 Å². The number of rotatable bonds is 9. The average molecular weight is 323 g/mol. The van der Waals surface area contributed by atoms with E-state index >= 15 is 0 Å². The Hall–Kier alpha value is -2.21. The number of anilines is 1. The van der Waals surface area contributed by atoms with Gasteiger partial charge in [0.05, 0.1) is 13.2 Å². The van der Waals surface area contributed by atoms with E-state index in [-0.39, 0.29) is 13.2 Å². The number of esters is 1. The third-order valence-corrected chi connectivity index (χ3v) is 3.03. The van der Waals surface area contributed by atoms with Crippen molar-refractivity contribution in [3.63, 3.8) is 0 Å². The maximum atomic E-state index is 13.1. The van der Waals surface area contributed by atoms with Crippen molar-refractivity contribution in [3.8, 4) is 0 Å². The molecule has 0 heterocycles. The average Bonchev–Trinajstić information content (AvgIpc) is 2.53. The summed E-state index contributed by atoms with van der Waals surface area (Å²) >= 11 is 0. The number of carbonyl (C=O) groups excluding carboxylic acids is 2. The molecule has 1 aromatic rings. The van der Waals surface area contributed by atoms with Gasteiger partial charge < -0.3 is 9.47 Å². The maximum absolute atomic E-state index is 13.1. The highest BCUT2D eigenvalue weighted by Crippen LogP contribution is 2.17. The van der Waals surface area contributed by atoms with Gasteiger partial charge in [-0.15, -0.1) is 6.58 Å². The number of carbonyl (C=O) groups is 2. The molecule has 1 aromatic carbocycles. The Labute approximate surface area is 135 Å². The van der Waals surface area contributed by atoms with E-state index < -0.39 is 23.8 Å². The van der Waals surface area contributed by atoms with E-state index in [0.717, 1.165) is 0 Å². The molecule has 0 spiro atoms. The Kier molecular flexibility index (Phi) is 7.97. The van der Waals surface area contributed by atoms with E-state index in [9.17, 15) is 14.0 Å². The molecule has 0 saturated heterocycles. The number of nitrogens with zero attached hydrogens (tertiary/aromatic N) is 1. The number of benzene rings is 1. The van der Waals surface area contributed by atoms with E-state index in [0.29, 0.717) is 18.7 Å². The molecule has 1 unspecified atom stereocenters. The molecule has 1 amide bonds. The van der Waals surface area contributed by atoms with Crippen molar-refractivity contribution in [1.29, 1.82) is 0 Å². The van der Waals surface area contributed by atoms with Crippen LogP contribution in [0.5, 0.6) is 0 Å². The Morgan fingerprint density at radius 2 is 2.00 bits per heavy atom. The molecule has 126 valence electrons. The highest BCUT2D eigenvalue weighted by Gasteiger charge is 2.25. The lowest BCUT2D eigenvalue weighted by molar-refractivity contribution is -0.143. The van der Waals surface area contributed by atoms with Gasteiger partial charge in [0, 0.05) is 5.69 Å². The zero-order chi connectivity index (χ0) is 17.2. The van der Waals surface area contributed by atoms with Crippen molar-refractivity contribution < 1.29 is 23.5 Å². The van der Waals surface area contributed by atoms with Crippen molar-refractivity contribution in [2.45, 2.75) is 26.4 Å². The van der Waals surface area contributed by atoms with E-state index in [4.69, 9.17) is 9.47 Å². The standard InChI is InChI=1S/C17H22FNO4/c1-4-6-11-23-13(3)17(21)19(12-16(20)22-5-2)15-9-7-14(18)8-10-15/h4,7-10,13H,1,5-6,11-12H2,2-3H3. The summed E-state index contributed by atoms with van der Waals surface area (Å²) < 4.78 is 23.4. The first-order valence-electron chi connectivity index (χ1n) is 7.44. The van der Waals surface area contributed by atoms with Crippen molar-refractivity contribution >= 4 is 17.6 Å². The fourth-order valence-corrected chi connectivity index (χ4v) is 1.87. The second-order valence-corrected chi connectivity index (χ2v) is 4.80. The third-order valence-electron chi connectivity index (χ3n) is 3.03. The molecule has 0 saturated carbocycles. The summed E-state index contributed by atoms with van der Waals surface area (Å²) in [6.45, 7) is 7.18. The molecular formula is C17H22FNO4. The second kappa shape index (κ2) is 9.74. The van der Waals surface area contributed by atoms with Crippen LogP contribution >= 0.6 is 0 Å². The fraction of sp³-hybridized carbons (Fsp3) is 0.412. The summed E-state index contributed by atoms with van der Waals surface area (Å²) in [5.41, 5.74) is 0.406. The molecule has 23 heavy (non-hydrogen) atoms. The van der Waals surface area contributed by atoms with E-state index in [1.807, 2.05) is 0 Å². The van der Waals surface area contributed by atoms with Crippen LogP contribution in [-0.2, 0) is 19.1 Å². The summed E-state index contributed by atoms with van der Waals surface area (Å²) in [5, 5.41) is 0. The molecule has 1 atom stereocenters. The molecule has 0 aliphatic heterocycles. The number of hydrogen-bond donors (Lipinski definition) is 0. The van der Waals surface area contributed by atoms with Crippen molar-refractivity contribution in [2.24, 2.45) is 0 Å². The van der Waals surface area contributed by atoms with Gasteiger partial charge in [0.2, 0.25) is 0 Å². The normalized spacial score (nSPS) is 11.6. The summed E-state index contributed by atoms with van der Waals surface area (Å²) in [6.07, 6.45) is 1.56. The monoisotopic (exact) mass is 323 g/mol. The van der Waals surface area contributed by atoms with Crippen molar-refractivity contribution in [2.75, 3.05) is 24.7 Å². The zero-order valence-corrected chi connectivity index (χ0v) is 13.5. The minimum atomic E-state index is -0.741. The highest BCUT2D eigenvalue weighted by molar-refractivity contribution is 6.00. The van der Waals surface area contributed by atoms with Crippen molar-refractivity contribution in [3.05, 3.63) is 42.7 Å². The van der Waals surface area contributed by atoms with Gasteiger partial charge in [-0.05, 0) is 44.5 Å². The van der Waals surface area contributed by atoms with E-state index in [2.05, 4.69) is 6.58 Å². The molecule has 0 bridgehead atoms. The number of hydrogen-bond acceptors (Lipinski definition) is 4. The largest absolute Gasteiger partial charge is 0.465 e. The summed E-state index contributed by atoms with van der Waals surface area (Å²) in [5.74, 6) is -1.36. The van der Waals surface area contributed by atoms with Crippen LogP contribution in [0.25, 0.3) is 0 Å². The van der Waals surface area contributed by atoms with Crippen LogP contribution < -0.4 is 4.90 Å². The van der Waals surface area contributed by atoms with E-state index in [1.165, 1.54) is 29.2 Å². The smallest absolute Gasteiger partial charge is 0.326 e. The molecule has 5 nitrogen and oxygen atoms in total. The van der Waals surface area contributed by atoms with Crippen LogP contribution in [0.2, 0.25) is 0 Å². The Balaban J connectivity index is 2.88. The Morgan fingerprint density at radius 3 is 2.57 bits per heavy atom. The number of ether oxygens (including phenoxy) is 2. The topological polar surface area (TPSA) is 55.8 Å². The van der Waals surface area contributed by atoms with Gasteiger partial charge in [-0.25, -0.2) is 4.39 Å². The van der Waals surface area contributed by atoms with Gasteiger partial charge in [0.25, 0.3) is 5.91 Å². The molecule has 0 aromatic heterocycles. The van der Waals surface area contributed by atoms with Crippen LogP contribution in [0.1, 0.15) is 20.3 Å². The molecule has 0 N–H and O–H groups in total. The summed E-state index contributed by atoms with van der Waals surface area (Å²) in [4.78, 5) is 25.5. The molecule has 0 aliphatic rings. The number of amides is 1. The molecule has 1 rings (SSSR count). The minimum absolute atomic E-state index is 0.218. The fourth-order valence-electron chi connectivity index (χ4n) is 1.87. The highest BCUT2D eigenvalue weighted by atomic mass is 19.1. The second-order valence-electron chi connectivity index (χ2n) is 4.80. The Morgan fingerprint density at radius 1 is 1.35 bits per heavy atom. The first kappa shape index (κ1) is 18.8. The quantitative estimate of drug-likeness (QED) is 0.398. The van der Waals surface area contributed by atoms with Crippen LogP contribution in [-0.4, -0.2) is 37.7 Å². The zero-order valence-electron chi connectivity index (χ0n) is 13.5. The van der Waals surface area contributed by atoms with Crippen LogP contribution in [0.4, 0.5) is 10.1 Å². The minimum Gasteiger partial charge on any atom is -0.465 e. The summed E-state index contributed by atoms with van der Waals surface area (Å²) in [6, 6.07) is 5.32. The van der Waals surface area contributed by atoms with E-state index in [1.54, 1.807) is 19.9 Å². The SMILES string of the molecule is C=CCCOC(C)C(=O)N(CC(=O)OCC)c1ccc(F)cc1. The molecular weight excluding hydrogens is 301 g/mol. The first-order chi connectivity index (χ1) is 11.0. The maximum Gasteiger partial charge on any atom is 0.326 e. The molecule has 0 aliphatic carbocycles. The van der Waals surface area contributed by atoms with Crippen molar-refractivity contribution in [1.82, 2.24) is 0 Å². The number of halogens is 1. The lowest BCUT2D eigenvalue weighted by Gasteiger charge is -2.25. The first-order valence-corrected chi connectivity index (χ1v) is 7.44. The Bertz CT molecular complexity index is 530.